The molecule has 0 fully saturated rings. The first-order chi connectivity index (χ1) is 71.5. The van der Waals surface area contributed by atoms with E-state index in [1.54, 1.807) is 0 Å². The number of fused-ring (bicyclic) bond motifs is 18. The summed E-state index contributed by atoms with van der Waals surface area (Å²) in [6.07, 6.45) is 0. The largest absolute Gasteiger partial charge is 0.309 e. The highest BCUT2D eigenvalue weighted by Crippen LogP contribution is 2.58. The summed E-state index contributed by atoms with van der Waals surface area (Å²) in [6.45, 7) is 0. The maximum atomic E-state index is 5.36. The minimum Gasteiger partial charge on any atom is -0.309 e. The van der Waals surface area contributed by atoms with Crippen LogP contribution in [0.5, 0.6) is 0 Å². The molecule has 0 saturated carbocycles. The summed E-state index contributed by atoms with van der Waals surface area (Å²) in [5, 5.41) is 19.0. The molecule has 1 aliphatic carbocycles. The van der Waals surface area contributed by atoms with Crippen molar-refractivity contribution in [3.8, 4) is 107 Å². The van der Waals surface area contributed by atoms with Crippen LogP contribution in [0.2, 0.25) is 0 Å². The monoisotopic (exact) mass is 1830 g/mol. The van der Waals surface area contributed by atoms with Crippen LogP contribution in [0, 0.1) is 0 Å². The van der Waals surface area contributed by atoms with Crippen LogP contribution >= 0.6 is 0 Å². The Morgan fingerprint density at radius 3 is 0.979 bits per heavy atom. The van der Waals surface area contributed by atoms with Crippen molar-refractivity contribution in [1.29, 1.82) is 0 Å². The van der Waals surface area contributed by atoms with Crippen molar-refractivity contribution >= 4 is 175 Å². The molecule has 11 nitrogen and oxygen atoms in total. The van der Waals surface area contributed by atoms with E-state index >= 15 is 0 Å². The van der Waals surface area contributed by atoms with Gasteiger partial charge in [0.15, 0.2) is 0 Å². The maximum absolute atomic E-state index is 5.36. The molecule has 11 heterocycles. The highest BCUT2D eigenvalue weighted by atomic mass is 15.0. The zero-order chi connectivity index (χ0) is 94.0. The average Bonchev–Trinajstić information content (AvgIpc) is 1.53. The van der Waals surface area contributed by atoms with E-state index < -0.39 is 0 Å². The maximum Gasteiger partial charge on any atom is 0.141 e. The Kier molecular flexibility index (Phi) is 17.2. The molecule has 0 N–H and O–H groups in total. The highest BCUT2D eigenvalue weighted by Gasteiger charge is 2.39. The Hall–Kier alpha value is -19.4. The molecule has 0 amide bonds. The van der Waals surface area contributed by atoms with Crippen molar-refractivity contribution in [2.24, 2.45) is 0 Å². The van der Waals surface area contributed by atoms with Crippen LogP contribution in [0.1, 0.15) is 22.9 Å². The molecule has 0 saturated heterocycles. The lowest BCUT2D eigenvalue weighted by Crippen LogP contribution is -2.07. The van der Waals surface area contributed by atoms with Gasteiger partial charge in [-0.3, -0.25) is 0 Å². The number of aromatic nitrogens is 11. The van der Waals surface area contributed by atoms with E-state index in [9.17, 15) is 0 Å². The third kappa shape index (κ3) is 11.7. The normalized spacial score (nSPS) is 12.8. The van der Waals surface area contributed by atoms with Gasteiger partial charge in [-0.25, -0.2) is 29.9 Å². The lowest BCUT2D eigenvalue weighted by molar-refractivity contribution is 0.890. The molecule has 0 spiro atoms. The van der Waals surface area contributed by atoms with Gasteiger partial charge in [-0.2, -0.15) is 0 Å². The first-order valence-corrected chi connectivity index (χ1v) is 49.3. The van der Waals surface area contributed by atoms with Crippen LogP contribution < -0.4 is 0 Å². The zero-order valence-corrected chi connectivity index (χ0v) is 77.5. The summed E-state index contributed by atoms with van der Waals surface area (Å²) in [5.74, 6) is 0.780. The lowest BCUT2D eigenvalue weighted by Gasteiger charge is -2.17. The predicted octanol–water partition coefficient (Wildman–Crippen LogP) is 33.6. The van der Waals surface area contributed by atoms with Crippen LogP contribution in [0.4, 0.5) is 0 Å². The van der Waals surface area contributed by atoms with Crippen molar-refractivity contribution in [3.05, 3.63) is 490 Å². The Morgan fingerprint density at radius 2 is 0.479 bits per heavy atom. The lowest BCUT2D eigenvalue weighted by atomic mass is 9.91. The van der Waals surface area contributed by atoms with Crippen LogP contribution in [0.25, 0.3) is 281 Å². The molecule has 0 bridgehead atoms. The van der Waals surface area contributed by atoms with Crippen molar-refractivity contribution in [2.75, 3.05) is 0 Å². The van der Waals surface area contributed by atoms with Crippen molar-refractivity contribution in [3.63, 3.8) is 0 Å². The van der Waals surface area contributed by atoms with Gasteiger partial charge in [0.1, 0.15) is 5.82 Å². The number of hydrogen-bond donors (Lipinski definition) is 0. The molecule has 10 aromatic heterocycles. The highest BCUT2D eigenvalue weighted by molar-refractivity contribution is 6.33. The van der Waals surface area contributed by atoms with E-state index in [0.29, 0.717) is 0 Å². The van der Waals surface area contributed by atoms with Crippen LogP contribution in [-0.2, 0) is 0 Å². The van der Waals surface area contributed by atoms with E-state index in [0.717, 1.165) is 106 Å². The van der Waals surface area contributed by atoms with E-state index in [4.69, 9.17) is 29.9 Å². The molecule has 2 aliphatic rings. The van der Waals surface area contributed by atoms with Gasteiger partial charge in [-0.15, -0.1) is 0 Å². The molecule has 31 aromatic rings. The number of hydrogen-bond acceptors (Lipinski definition) is 6. The third-order valence-corrected chi connectivity index (χ3v) is 30.5. The standard InChI is InChI=1S/C50H30N4.C44H26N4.C39H23N3/c1-2-11-31(12-3-1)32-23-25-33(26-24-32)48-49(52-41-18-6-5-17-40(41)51-48)34-27-29-35(30-28-34)53-43-20-9-14-37-39-16-8-15-38-36-13-4-7-19-42(36)54(50(38)39)45-22-10-21-44(53)47(45)46(37)43;1-2-11-27(12-3-1)42-43(46-35-18-6-5-17-34(35)45-42)28-23-25-29(26-24-28)47-37-20-9-14-31-33-16-8-15-32-30-13-4-7-19-36(30)48(44(32)33)39-22-10-21-38(47)41(39)40(31)37;1-2-11-23(12-3-1)37-28-14-4-6-20-31(28)40-39(41-37)35-29-18-8-15-25-27-17-9-16-26-24-13-5-7-21-32(24)42(38(26)27)33-22-10-19-30(35)36(33)34(25)29/h1-30H;1-26H;1-22,35H. The smallest absolute Gasteiger partial charge is 0.141 e. The minimum absolute atomic E-state index is 0.0652. The van der Waals surface area contributed by atoms with E-state index in [1.807, 2.05) is 60.7 Å². The SMILES string of the molecule is c1ccc(-c2ccc(-c3nc4ccccc4nc3-c3ccc(-n4c5cccc6c7cccc8c9ccccc9n(c9cccc4c9c65)c78)cc3)cc2)cc1.c1ccc(-c2nc(C3c4cccc5c4-c4c3cccc4-n3c4ccccc4c4cccc-5c43)nc3ccccc23)cc1.c1ccc(-c2nc3ccccc3nc2-c2ccc(-n3c4cccc5c6cccc7c8ccccc8n(c8cccc3c8c54)c67)cc2)cc1. The van der Waals surface area contributed by atoms with Gasteiger partial charge in [-0.05, 0) is 159 Å². The minimum atomic E-state index is -0.0652. The topological polar surface area (TPSA) is 101 Å². The number of nitrogens with zero attached hydrogens (tertiary/aromatic N) is 11. The van der Waals surface area contributed by atoms with Gasteiger partial charge >= 0.3 is 0 Å². The van der Waals surface area contributed by atoms with E-state index in [2.05, 4.69) is 435 Å². The Morgan fingerprint density at radius 1 is 0.167 bits per heavy atom. The van der Waals surface area contributed by atoms with E-state index in [1.165, 1.54) is 192 Å². The fourth-order valence-electron chi connectivity index (χ4n) is 24.5. The van der Waals surface area contributed by atoms with Gasteiger partial charge in [0.25, 0.3) is 0 Å². The number of para-hydroxylation sites is 11. The molecular formula is C133H79N11. The Bertz CT molecular complexity index is 10800. The van der Waals surface area contributed by atoms with Gasteiger partial charge in [-0.1, -0.05) is 358 Å². The predicted molar refractivity (Wildman–Crippen MR) is 595 cm³/mol. The van der Waals surface area contributed by atoms with Crippen LogP contribution in [0.15, 0.2) is 473 Å². The molecule has 1 atom stereocenters. The average molecular weight is 1830 g/mol. The molecule has 666 valence electrons. The second-order valence-electron chi connectivity index (χ2n) is 38.1. The summed E-state index contributed by atoms with van der Waals surface area (Å²) in [4.78, 5) is 31.3. The summed E-state index contributed by atoms with van der Waals surface area (Å²) >= 11 is 0. The first kappa shape index (κ1) is 79.7. The number of rotatable bonds is 9. The van der Waals surface area contributed by atoms with Gasteiger partial charge in [0.05, 0.1) is 134 Å². The van der Waals surface area contributed by atoms with Gasteiger partial charge < -0.3 is 22.5 Å². The molecule has 21 aromatic carbocycles. The summed E-state index contributed by atoms with van der Waals surface area (Å²) < 4.78 is 12.3. The molecule has 0 radical (unpaired) electrons. The van der Waals surface area contributed by atoms with Crippen molar-refractivity contribution in [2.45, 2.75) is 5.92 Å². The second kappa shape index (κ2) is 31.1. The van der Waals surface area contributed by atoms with Crippen LogP contribution in [0.3, 0.4) is 0 Å². The van der Waals surface area contributed by atoms with Gasteiger partial charge in [0, 0.05) is 120 Å². The fraction of sp³-hybridized carbons (Fsp3) is 0.00752. The molecular weight excluding hydrogens is 1750 g/mol. The molecule has 33 rings (SSSR count). The van der Waals surface area contributed by atoms with Crippen molar-refractivity contribution < 1.29 is 0 Å². The van der Waals surface area contributed by atoms with E-state index in [-0.39, 0.29) is 5.92 Å². The Labute approximate surface area is 824 Å². The second-order valence-corrected chi connectivity index (χ2v) is 38.1. The van der Waals surface area contributed by atoms with Crippen LogP contribution in [-0.4, -0.2) is 52.4 Å². The van der Waals surface area contributed by atoms with Gasteiger partial charge in [0.2, 0.25) is 0 Å². The fourth-order valence-corrected chi connectivity index (χ4v) is 24.5. The quantitative estimate of drug-likeness (QED) is 0.143. The third-order valence-electron chi connectivity index (χ3n) is 30.5. The molecule has 1 aliphatic heterocycles. The first-order valence-electron chi connectivity index (χ1n) is 49.3. The molecule has 11 heteroatoms. The summed E-state index contributed by atoms with van der Waals surface area (Å²) in [7, 11) is 0. The molecule has 1 unspecified atom stereocenters. The Balaban J connectivity index is 0.0000000993. The summed E-state index contributed by atoms with van der Waals surface area (Å²) in [6, 6.07) is 170. The molecule has 144 heavy (non-hydrogen) atoms. The number of benzene rings is 21. The summed E-state index contributed by atoms with van der Waals surface area (Å²) in [5.41, 5.74) is 42.5. The van der Waals surface area contributed by atoms with Crippen molar-refractivity contribution in [1.82, 2.24) is 52.4 Å². The zero-order valence-electron chi connectivity index (χ0n) is 77.5.